The van der Waals surface area contributed by atoms with Crippen molar-refractivity contribution in [2.75, 3.05) is 25.2 Å². The molecule has 0 saturated carbocycles. The highest BCUT2D eigenvalue weighted by molar-refractivity contribution is 6.50. The molecule has 0 amide bonds. The molecule has 1 heterocycles. The van der Waals surface area contributed by atoms with Crippen molar-refractivity contribution < 1.29 is 14.6 Å². The summed E-state index contributed by atoms with van der Waals surface area (Å²) in [5, 5.41) is 23.0. The summed E-state index contributed by atoms with van der Waals surface area (Å²) in [7, 11) is 0. The van der Waals surface area contributed by atoms with E-state index in [0.717, 1.165) is 30.6 Å². The first-order chi connectivity index (χ1) is 13.3. The Labute approximate surface area is 166 Å². The Balaban J connectivity index is 1.73. The van der Waals surface area contributed by atoms with E-state index in [1.54, 1.807) is 18.2 Å². The van der Waals surface area contributed by atoms with Crippen LogP contribution in [0.15, 0.2) is 41.5 Å². The number of phenolic OH excluding ortho intramolecular Hbond substituents is 1. The normalized spacial score (nSPS) is 20.0. The van der Waals surface area contributed by atoms with E-state index < -0.39 is 0 Å². The largest absolute Gasteiger partial charge is 0.505 e. The first kappa shape index (κ1) is 20.3. The summed E-state index contributed by atoms with van der Waals surface area (Å²) in [6, 6.07) is 3.98. The molecular formula is C22H29N3O3. The quantitative estimate of drug-likeness (QED) is 0.208. The Hall–Kier alpha value is -2.44. The Morgan fingerprint density at radius 1 is 1.29 bits per heavy atom. The van der Waals surface area contributed by atoms with Gasteiger partial charge in [-0.25, -0.2) is 0 Å². The van der Waals surface area contributed by atoms with E-state index in [0.29, 0.717) is 36.4 Å². The van der Waals surface area contributed by atoms with Crippen molar-refractivity contribution in [3.63, 3.8) is 0 Å². The molecule has 6 nitrogen and oxygen atoms in total. The Kier molecular flexibility index (Phi) is 6.31. The molecule has 3 rings (SSSR count). The molecule has 0 bridgehead atoms. The third kappa shape index (κ3) is 5.53. The van der Waals surface area contributed by atoms with Gasteiger partial charge in [-0.3, -0.25) is 10.8 Å². The van der Waals surface area contributed by atoms with Gasteiger partial charge in [-0.1, -0.05) is 39.0 Å². The van der Waals surface area contributed by atoms with Crippen molar-refractivity contribution in [3.8, 4) is 5.75 Å². The molecule has 1 atom stereocenters. The highest BCUT2D eigenvalue weighted by atomic mass is 16.6. The summed E-state index contributed by atoms with van der Waals surface area (Å²) in [4.78, 5) is 0. The number of hydrogen-bond donors (Lipinski definition) is 3. The van der Waals surface area contributed by atoms with Crippen LogP contribution < -0.4 is 5.43 Å². The number of aromatic hydroxyl groups is 1. The molecule has 1 aliphatic carbocycles. The minimum Gasteiger partial charge on any atom is -0.505 e. The predicted octanol–water partition coefficient (Wildman–Crippen LogP) is 3.95. The van der Waals surface area contributed by atoms with Crippen molar-refractivity contribution in [3.05, 3.63) is 47.6 Å². The van der Waals surface area contributed by atoms with Gasteiger partial charge in [0.25, 0.3) is 0 Å². The first-order valence-electron chi connectivity index (χ1n) is 9.67. The molecule has 1 aromatic carbocycles. The van der Waals surface area contributed by atoms with Crippen LogP contribution in [0.1, 0.15) is 38.3 Å². The molecule has 0 spiro atoms. The monoisotopic (exact) mass is 383 g/mol. The van der Waals surface area contributed by atoms with Gasteiger partial charge in [0.1, 0.15) is 17.6 Å². The number of ether oxygens (including phenoxy) is 2. The van der Waals surface area contributed by atoms with Gasteiger partial charge < -0.3 is 14.6 Å². The minimum atomic E-state index is -0.205. The number of rotatable bonds is 8. The van der Waals surface area contributed by atoms with E-state index in [4.69, 9.17) is 14.9 Å². The van der Waals surface area contributed by atoms with Crippen LogP contribution in [0, 0.1) is 5.41 Å². The standard InChI is InChI=1S/C22H29N3O3/c1-22(2,3)17-11-15(7-6-10-27-13-16-14-28-16)12-20(21(17)26)25-24-19-9-5-4-8-18(19)23/h4-5,8-9,11-12,16,23,25-26H,6-7,10,13-14H2,1-3H3/b23-18?,24-19-. The van der Waals surface area contributed by atoms with Gasteiger partial charge >= 0.3 is 0 Å². The van der Waals surface area contributed by atoms with Gasteiger partial charge in [-0.2, -0.15) is 5.10 Å². The first-order valence-corrected chi connectivity index (χ1v) is 9.67. The molecule has 1 aliphatic heterocycles. The molecule has 150 valence electrons. The average Bonchev–Trinajstić information content (AvgIpc) is 3.46. The predicted molar refractivity (Wildman–Crippen MR) is 113 cm³/mol. The Morgan fingerprint density at radius 2 is 2.04 bits per heavy atom. The van der Waals surface area contributed by atoms with Crippen LogP contribution in [0.2, 0.25) is 0 Å². The van der Waals surface area contributed by atoms with E-state index in [9.17, 15) is 5.11 Å². The van der Waals surface area contributed by atoms with Gasteiger partial charge in [-0.05, 0) is 42.0 Å². The SMILES string of the molecule is CC(C)(C)c1cc(CCCOCC2CO2)cc(N/N=C2/C=CC=CC2=N)c1O. The van der Waals surface area contributed by atoms with Gasteiger partial charge in [0.15, 0.2) is 0 Å². The fraction of sp³-hybridized carbons (Fsp3) is 0.455. The lowest BCUT2D eigenvalue weighted by Gasteiger charge is -2.23. The number of epoxide rings is 1. The fourth-order valence-electron chi connectivity index (χ4n) is 2.94. The molecule has 0 radical (unpaired) electrons. The van der Waals surface area contributed by atoms with Crippen molar-refractivity contribution in [2.45, 2.75) is 45.1 Å². The lowest BCUT2D eigenvalue weighted by Crippen LogP contribution is -2.14. The molecule has 2 aliphatic rings. The van der Waals surface area contributed by atoms with Gasteiger partial charge in [0, 0.05) is 12.2 Å². The Morgan fingerprint density at radius 3 is 2.71 bits per heavy atom. The minimum absolute atomic E-state index is 0.199. The fourth-order valence-corrected chi connectivity index (χ4v) is 2.94. The molecular weight excluding hydrogens is 354 g/mol. The molecule has 1 aromatic rings. The highest BCUT2D eigenvalue weighted by Gasteiger charge is 2.23. The van der Waals surface area contributed by atoms with E-state index in [1.165, 1.54) is 0 Å². The Bertz CT molecular complexity index is 815. The van der Waals surface area contributed by atoms with Crippen molar-refractivity contribution >= 4 is 17.1 Å². The maximum absolute atomic E-state index is 10.8. The van der Waals surface area contributed by atoms with Crippen molar-refractivity contribution in [1.29, 1.82) is 5.41 Å². The smallest absolute Gasteiger partial charge is 0.144 e. The summed E-state index contributed by atoms with van der Waals surface area (Å²) in [6.45, 7) is 8.39. The molecule has 28 heavy (non-hydrogen) atoms. The number of benzene rings is 1. The van der Waals surface area contributed by atoms with E-state index >= 15 is 0 Å². The van der Waals surface area contributed by atoms with Crippen LogP contribution >= 0.6 is 0 Å². The summed E-state index contributed by atoms with van der Waals surface area (Å²) < 4.78 is 10.8. The number of phenols is 1. The van der Waals surface area contributed by atoms with Crippen LogP contribution in [-0.2, 0) is 21.3 Å². The van der Waals surface area contributed by atoms with Gasteiger partial charge in [0.2, 0.25) is 0 Å². The third-order valence-electron chi connectivity index (χ3n) is 4.64. The van der Waals surface area contributed by atoms with Gasteiger partial charge in [0.05, 0.1) is 24.6 Å². The van der Waals surface area contributed by atoms with Crippen molar-refractivity contribution in [1.82, 2.24) is 0 Å². The topological polar surface area (TPSA) is 90.2 Å². The maximum atomic E-state index is 10.8. The number of aryl methyl sites for hydroxylation is 1. The zero-order chi connectivity index (χ0) is 20.1. The van der Waals surface area contributed by atoms with Gasteiger partial charge in [-0.15, -0.1) is 0 Å². The molecule has 1 unspecified atom stereocenters. The molecule has 6 heteroatoms. The zero-order valence-corrected chi connectivity index (χ0v) is 16.8. The second kappa shape index (κ2) is 8.71. The second-order valence-corrected chi connectivity index (χ2v) is 8.16. The molecule has 1 saturated heterocycles. The van der Waals surface area contributed by atoms with Crippen molar-refractivity contribution in [2.24, 2.45) is 5.10 Å². The van der Waals surface area contributed by atoms with E-state index in [2.05, 4.69) is 37.4 Å². The second-order valence-electron chi connectivity index (χ2n) is 8.16. The van der Waals surface area contributed by atoms with Crippen LogP contribution in [0.5, 0.6) is 5.75 Å². The number of allylic oxidation sites excluding steroid dienone is 4. The van der Waals surface area contributed by atoms with E-state index in [-0.39, 0.29) is 11.2 Å². The summed E-state index contributed by atoms with van der Waals surface area (Å²) >= 11 is 0. The molecule has 3 N–H and O–H groups in total. The molecule has 0 aromatic heterocycles. The number of anilines is 1. The number of hydrogen-bond acceptors (Lipinski definition) is 6. The van der Waals surface area contributed by atoms with Crippen LogP contribution in [0.4, 0.5) is 5.69 Å². The lowest BCUT2D eigenvalue weighted by atomic mass is 9.84. The molecule has 1 fully saturated rings. The van der Waals surface area contributed by atoms with E-state index in [1.807, 2.05) is 12.1 Å². The number of hydrazone groups is 1. The van der Waals surface area contributed by atoms with Crippen LogP contribution in [0.3, 0.4) is 0 Å². The summed E-state index contributed by atoms with van der Waals surface area (Å²) in [6.07, 6.45) is 9.12. The number of nitrogens with zero attached hydrogens (tertiary/aromatic N) is 1. The highest BCUT2D eigenvalue weighted by Crippen LogP contribution is 2.37. The summed E-state index contributed by atoms with van der Waals surface area (Å²) in [5.74, 6) is 0.199. The lowest BCUT2D eigenvalue weighted by molar-refractivity contribution is 0.114. The average molecular weight is 383 g/mol. The third-order valence-corrected chi connectivity index (χ3v) is 4.64. The van der Waals surface area contributed by atoms with Crippen LogP contribution in [-0.4, -0.2) is 42.5 Å². The number of nitrogens with one attached hydrogen (secondary N) is 2. The maximum Gasteiger partial charge on any atom is 0.144 e. The summed E-state index contributed by atoms with van der Waals surface area (Å²) in [5.41, 5.74) is 6.15. The van der Waals surface area contributed by atoms with Crippen LogP contribution in [0.25, 0.3) is 0 Å². The zero-order valence-electron chi connectivity index (χ0n) is 16.8.